The molecule has 1 aromatic rings. The van der Waals surface area contributed by atoms with Crippen LogP contribution in [0.25, 0.3) is 0 Å². The van der Waals surface area contributed by atoms with Crippen molar-refractivity contribution in [1.29, 1.82) is 0 Å². The molecule has 0 unspecified atom stereocenters. The molecule has 120 valence electrons. The van der Waals surface area contributed by atoms with Crippen molar-refractivity contribution in [2.75, 3.05) is 6.61 Å². The molecular weight excluding hydrogens is 371 g/mol. The zero-order chi connectivity index (χ0) is 16.4. The summed E-state index contributed by atoms with van der Waals surface area (Å²) in [4.78, 5) is 0. The molecule has 0 aliphatic heterocycles. The van der Waals surface area contributed by atoms with Crippen molar-refractivity contribution < 1.29 is 22.5 Å². The summed E-state index contributed by atoms with van der Waals surface area (Å²) in [6.45, 7) is 3.66. The van der Waals surface area contributed by atoms with Crippen LogP contribution in [0.4, 0.5) is 13.2 Å². The first-order valence-corrected chi connectivity index (χ1v) is 8.03. The summed E-state index contributed by atoms with van der Waals surface area (Å²) in [6, 6.07) is 3.51. The largest absolute Gasteiger partial charge is 0.394 e. The molecule has 3 nitrogen and oxygen atoms in total. The second-order valence-corrected chi connectivity index (χ2v) is 8.42. The van der Waals surface area contributed by atoms with E-state index in [1.54, 1.807) is 20.8 Å². The Morgan fingerprint density at radius 3 is 2.38 bits per heavy atom. The maximum atomic E-state index is 14.0. The van der Waals surface area contributed by atoms with Crippen molar-refractivity contribution in [1.82, 2.24) is 4.72 Å². The van der Waals surface area contributed by atoms with Gasteiger partial charge < -0.3 is 5.11 Å². The predicted octanol–water partition coefficient (Wildman–Crippen LogP) is 3.09. The Bertz CT molecular complexity index is 537. The molecule has 0 saturated carbocycles. The lowest BCUT2D eigenvalue weighted by Gasteiger charge is -2.35. The number of rotatable bonds is 5. The molecule has 2 N–H and O–H groups in total. The van der Waals surface area contributed by atoms with E-state index in [0.717, 1.165) is 12.1 Å². The average Bonchev–Trinajstić information content (AvgIpc) is 2.37. The number of aliphatic hydroxyl groups is 1. The van der Waals surface area contributed by atoms with E-state index in [0.29, 0.717) is 4.47 Å². The molecule has 0 radical (unpaired) electrons. The van der Waals surface area contributed by atoms with Gasteiger partial charge in [0.2, 0.25) is 0 Å². The van der Waals surface area contributed by atoms with E-state index in [1.165, 1.54) is 6.07 Å². The summed E-state index contributed by atoms with van der Waals surface area (Å²) in [5.74, 6) is -0.911. The van der Waals surface area contributed by atoms with Crippen molar-refractivity contribution in [2.24, 2.45) is 0 Å². The number of aliphatic hydroxyl groups excluding tert-OH is 1. The van der Waals surface area contributed by atoms with Crippen LogP contribution in [-0.4, -0.2) is 27.1 Å². The van der Waals surface area contributed by atoms with E-state index in [2.05, 4.69) is 20.7 Å². The van der Waals surface area contributed by atoms with Gasteiger partial charge in [-0.1, -0.05) is 15.9 Å². The van der Waals surface area contributed by atoms with Crippen LogP contribution >= 0.6 is 15.9 Å². The number of benzene rings is 1. The standard InChI is InChI=1S/C13H17BrF3NO2S/c1-12(2,3)21(20)18-13(7-19,11(16)17)9-6-8(14)4-5-10(9)15/h4-6,11,18-19H,7H2,1-3H3/t13-,21+/m0/s1. The lowest BCUT2D eigenvalue weighted by atomic mass is 9.92. The topological polar surface area (TPSA) is 49.3 Å². The fraction of sp³-hybridized carbons (Fsp3) is 0.538. The zero-order valence-electron chi connectivity index (χ0n) is 11.8. The molecule has 21 heavy (non-hydrogen) atoms. The third-order valence-electron chi connectivity index (χ3n) is 2.86. The number of nitrogens with one attached hydrogen (secondary N) is 1. The Morgan fingerprint density at radius 1 is 1.38 bits per heavy atom. The van der Waals surface area contributed by atoms with E-state index < -0.39 is 45.7 Å². The first-order chi connectivity index (χ1) is 9.54. The minimum atomic E-state index is -3.16. The summed E-state index contributed by atoms with van der Waals surface area (Å²) in [5, 5.41) is 9.47. The van der Waals surface area contributed by atoms with Gasteiger partial charge in [0.05, 0.1) is 22.3 Å². The van der Waals surface area contributed by atoms with Gasteiger partial charge in [0.15, 0.2) is 0 Å². The molecule has 1 aromatic carbocycles. The third-order valence-corrected chi connectivity index (χ3v) is 5.02. The van der Waals surface area contributed by atoms with Crippen LogP contribution < -0.4 is 4.72 Å². The van der Waals surface area contributed by atoms with Crippen molar-refractivity contribution in [3.63, 3.8) is 0 Å². The van der Waals surface area contributed by atoms with E-state index in [1.807, 2.05) is 0 Å². The summed E-state index contributed by atoms with van der Waals surface area (Å²) >= 11 is 3.08. The van der Waals surface area contributed by atoms with E-state index in [9.17, 15) is 22.5 Å². The lowest BCUT2D eigenvalue weighted by Crippen LogP contribution is -2.55. The summed E-state index contributed by atoms with van der Waals surface area (Å²) < 4.78 is 55.0. The Labute approximate surface area is 132 Å². The molecule has 0 saturated heterocycles. The van der Waals surface area contributed by atoms with Gasteiger partial charge in [-0.3, -0.25) is 0 Å². The van der Waals surface area contributed by atoms with Gasteiger partial charge in [-0.25, -0.2) is 22.1 Å². The molecule has 0 aliphatic rings. The average molecular weight is 388 g/mol. The van der Waals surface area contributed by atoms with Gasteiger partial charge in [-0.15, -0.1) is 0 Å². The second-order valence-electron chi connectivity index (χ2n) is 5.54. The van der Waals surface area contributed by atoms with Crippen LogP contribution in [0.15, 0.2) is 22.7 Å². The van der Waals surface area contributed by atoms with Crippen LogP contribution in [0.3, 0.4) is 0 Å². The molecule has 0 aromatic heterocycles. The Kier molecular flexibility index (Phi) is 5.99. The molecule has 2 atom stereocenters. The molecule has 8 heteroatoms. The predicted molar refractivity (Wildman–Crippen MR) is 79.9 cm³/mol. The van der Waals surface area contributed by atoms with E-state index in [4.69, 9.17) is 0 Å². The Balaban J connectivity index is 3.40. The van der Waals surface area contributed by atoms with Crippen molar-refractivity contribution in [2.45, 2.75) is 37.5 Å². The molecular formula is C13H17BrF3NO2S. The molecule has 1 rings (SSSR count). The molecule has 0 amide bonds. The number of hydrogen-bond donors (Lipinski definition) is 2. The highest BCUT2D eigenvalue weighted by Crippen LogP contribution is 2.33. The van der Waals surface area contributed by atoms with Gasteiger partial charge in [0, 0.05) is 10.0 Å². The minimum absolute atomic E-state index is 0.376. The van der Waals surface area contributed by atoms with Crippen molar-refractivity contribution in [3.8, 4) is 0 Å². The highest BCUT2D eigenvalue weighted by Gasteiger charge is 2.46. The van der Waals surface area contributed by atoms with Gasteiger partial charge >= 0.3 is 0 Å². The van der Waals surface area contributed by atoms with Crippen LogP contribution in [0.2, 0.25) is 0 Å². The first kappa shape index (κ1) is 18.6. The molecule has 0 fully saturated rings. The minimum Gasteiger partial charge on any atom is -0.394 e. The van der Waals surface area contributed by atoms with Crippen LogP contribution in [0, 0.1) is 5.82 Å². The molecule has 0 spiro atoms. The molecule has 0 heterocycles. The second kappa shape index (κ2) is 6.76. The summed E-state index contributed by atoms with van der Waals surface area (Å²) in [7, 11) is -1.91. The third kappa shape index (κ3) is 4.06. The molecule has 0 aliphatic carbocycles. The maximum Gasteiger partial charge on any atom is 0.263 e. The van der Waals surface area contributed by atoms with Gasteiger partial charge in [-0.2, -0.15) is 0 Å². The number of halogens is 4. The zero-order valence-corrected chi connectivity index (χ0v) is 14.2. The SMILES string of the molecule is CC(C)(C)[S@@](=O)N[C@@](CO)(c1cc(Br)ccc1F)C(F)F. The Hall–Kier alpha value is -0.440. The normalized spacial score (nSPS) is 16.8. The monoisotopic (exact) mass is 387 g/mol. The van der Waals surface area contributed by atoms with Crippen LogP contribution in [0.1, 0.15) is 26.3 Å². The highest BCUT2D eigenvalue weighted by molar-refractivity contribution is 9.10. The van der Waals surface area contributed by atoms with Gasteiger partial charge in [0.25, 0.3) is 6.43 Å². The van der Waals surface area contributed by atoms with Gasteiger partial charge in [-0.05, 0) is 39.0 Å². The number of hydrogen-bond acceptors (Lipinski definition) is 2. The number of alkyl halides is 2. The fourth-order valence-electron chi connectivity index (χ4n) is 1.56. The van der Waals surface area contributed by atoms with Crippen LogP contribution in [-0.2, 0) is 16.5 Å². The van der Waals surface area contributed by atoms with Crippen LogP contribution in [0.5, 0.6) is 0 Å². The summed E-state index contributed by atoms with van der Waals surface area (Å²) in [5.41, 5.74) is -2.88. The highest BCUT2D eigenvalue weighted by atomic mass is 79.9. The molecule has 0 bridgehead atoms. The maximum absolute atomic E-state index is 14.0. The van der Waals surface area contributed by atoms with Gasteiger partial charge in [0.1, 0.15) is 11.4 Å². The fourth-order valence-corrected chi connectivity index (χ4v) is 2.82. The van der Waals surface area contributed by atoms with E-state index >= 15 is 0 Å². The van der Waals surface area contributed by atoms with Crippen molar-refractivity contribution >= 4 is 26.9 Å². The Morgan fingerprint density at radius 2 is 1.95 bits per heavy atom. The van der Waals surface area contributed by atoms with Crippen molar-refractivity contribution in [3.05, 3.63) is 34.1 Å². The smallest absolute Gasteiger partial charge is 0.263 e. The summed E-state index contributed by atoms with van der Waals surface area (Å²) in [6.07, 6.45) is -3.16. The van der Waals surface area contributed by atoms with E-state index in [-0.39, 0.29) is 0 Å². The first-order valence-electron chi connectivity index (χ1n) is 6.09. The lowest BCUT2D eigenvalue weighted by molar-refractivity contribution is 0.00353. The quantitative estimate of drug-likeness (QED) is 0.815.